The number of hydrogen-bond donors (Lipinski definition) is 0. The van der Waals surface area contributed by atoms with Gasteiger partial charge in [0.2, 0.25) is 0 Å². The van der Waals surface area contributed by atoms with E-state index in [0.29, 0.717) is 0 Å². The van der Waals surface area contributed by atoms with Crippen LogP contribution in [-0.2, 0) is 6.42 Å². The summed E-state index contributed by atoms with van der Waals surface area (Å²) in [6.07, 6.45) is 5.26. The third-order valence-electron chi connectivity index (χ3n) is 4.02. The number of benzene rings is 2. The van der Waals surface area contributed by atoms with Crippen LogP contribution in [0.3, 0.4) is 0 Å². The highest BCUT2D eigenvalue weighted by Gasteiger charge is 2.03. The summed E-state index contributed by atoms with van der Waals surface area (Å²) in [5.41, 5.74) is 6.46. The molecule has 1 heteroatoms. The van der Waals surface area contributed by atoms with Gasteiger partial charge >= 0.3 is 0 Å². The van der Waals surface area contributed by atoms with Crippen molar-refractivity contribution >= 4 is 5.52 Å². The van der Waals surface area contributed by atoms with E-state index in [-0.39, 0.29) is 0 Å². The van der Waals surface area contributed by atoms with Gasteiger partial charge in [-0.15, -0.1) is 0 Å². The first-order valence-corrected chi connectivity index (χ1v) is 7.58. The lowest BCUT2D eigenvalue weighted by molar-refractivity contribution is 1.19. The Morgan fingerprint density at radius 1 is 0.636 bits per heavy atom. The van der Waals surface area contributed by atoms with Crippen LogP contribution in [0.5, 0.6) is 0 Å². The molecule has 0 unspecified atom stereocenters. The Morgan fingerprint density at radius 2 is 1.45 bits per heavy atom. The Balaban J connectivity index is 1.69. The summed E-state index contributed by atoms with van der Waals surface area (Å²) in [6.45, 7) is 0. The third kappa shape index (κ3) is 2.53. The van der Waals surface area contributed by atoms with Gasteiger partial charge < -0.3 is 4.40 Å². The molecular formula is C21H17N. The lowest BCUT2D eigenvalue weighted by atomic mass is 10.0. The molecule has 0 bridgehead atoms. The highest BCUT2D eigenvalue weighted by atomic mass is 14.8. The molecule has 0 fully saturated rings. The van der Waals surface area contributed by atoms with E-state index in [9.17, 15) is 0 Å². The smallest absolute Gasteiger partial charge is 0.0456 e. The molecule has 4 aromatic rings. The summed E-state index contributed by atoms with van der Waals surface area (Å²) in [6, 6.07) is 27.9. The van der Waals surface area contributed by atoms with Gasteiger partial charge in [0.1, 0.15) is 0 Å². The summed E-state index contributed by atoms with van der Waals surface area (Å²) in [5, 5.41) is 0. The molecule has 2 heterocycles. The van der Waals surface area contributed by atoms with Gasteiger partial charge in [-0.05, 0) is 41.3 Å². The average molecular weight is 283 g/mol. The number of hydrogen-bond acceptors (Lipinski definition) is 0. The maximum absolute atomic E-state index is 2.29. The van der Waals surface area contributed by atoms with Gasteiger partial charge in [0.05, 0.1) is 0 Å². The van der Waals surface area contributed by atoms with E-state index in [1.54, 1.807) is 0 Å². The second-order valence-corrected chi connectivity index (χ2v) is 5.62. The molecule has 2 aromatic carbocycles. The largest absolute Gasteiger partial charge is 0.323 e. The average Bonchev–Trinajstić information content (AvgIpc) is 3.00. The quantitative estimate of drug-likeness (QED) is 0.487. The number of pyridine rings is 1. The first kappa shape index (κ1) is 12.9. The van der Waals surface area contributed by atoms with Gasteiger partial charge in [-0.3, -0.25) is 0 Å². The van der Waals surface area contributed by atoms with Crippen molar-refractivity contribution in [2.75, 3.05) is 0 Å². The van der Waals surface area contributed by atoms with E-state index in [1.165, 1.54) is 27.8 Å². The lowest BCUT2D eigenvalue weighted by Gasteiger charge is -2.04. The fourth-order valence-corrected chi connectivity index (χ4v) is 2.91. The Morgan fingerprint density at radius 3 is 2.32 bits per heavy atom. The molecule has 0 saturated carbocycles. The van der Waals surface area contributed by atoms with Crippen molar-refractivity contribution in [2.24, 2.45) is 0 Å². The second-order valence-electron chi connectivity index (χ2n) is 5.62. The van der Waals surface area contributed by atoms with E-state index in [2.05, 4.69) is 95.7 Å². The fraction of sp³-hybridized carbons (Fsp3) is 0.0476. The van der Waals surface area contributed by atoms with Gasteiger partial charge in [-0.25, -0.2) is 0 Å². The van der Waals surface area contributed by atoms with Crippen LogP contribution in [0.25, 0.3) is 16.6 Å². The van der Waals surface area contributed by atoms with Crippen LogP contribution in [0.1, 0.15) is 11.1 Å². The van der Waals surface area contributed by atoms with Crippen LogP contribution in [0.2, 0.25) is 0 Å². The number of fused-ring (bicyclic) bond motifs is 1. The van der Waals surface area contributed by atoms with Crippen molar-refractivity contribution in [1.29, 1.82) is 0 Å². The maximum atomic E-state index is 2.29. The molecule has 0 aliphatic carbocycles. The molecule has 0 radical (unpaired) electrons. The number of aromatic nitrogens is 1. The van der Waals surface area contributed by atoms with Crippen molar-refractivity contribution in [3.05, 3.63) is 102 Å². The van der Waals surface area contributed by atoms with E-state index in [0.717, 1.165) is 6.42 Å². The van der Waals surface area contributed by atoms with Gasteiger partial charge in [0, 0.05) is 23.5 Å². The topological polar surface area (TPSA) is 4.41 Å². The van der Waals surface area contributed by atoms with Crippen molar-refractivity contribution in [3.63, 3.8) is 0 Å². The zero-order chi connectivity index (χ0) is 14.8. The SMILES string of the molecule is c1ccc(Cc2cccc(-c3cc4ccccn4c3)c2)cc1. The van der Waals surface area contributed by atoms with Crippen LogP contribution in [-0.4, -0.2) is 4.40 Å². The van der Waals surface area contributed by atoms with Crippen LogP contribution in [0, 0.1) is 0 Å². The first-order chi connectivity index (χ1) is 10.9. The molecule has 22 heavy (non-hydrogen) atoms. The Hall–Kier alpha value is -2.80. The van der Waals surface area contributed by atoms with Crippen LogP contribution < -0.4 is 0 Å². The molecule has 0 atom stereocenters. The Labute approximate surface area is 130 Å². The molecule has 0 N–H and O–H groups in total. The van der Waals surface area contributed by atoms with Crippen molar-refractivity contribution in [3.8, 4) is 11.1 Å². The number of rotatable bonds is 3. The van der Waals surface area contributed by atoms with E-state index >= 15 is 0 Å². The standard InChI is InChI=1S/C21H17N/c1-2-7-17(8-3-1)13-18-9-6-10-19(14-18)20-15-21-11-4-5-12-22(21)16-20/h1-12,14-16H,13H2. The summed E-state index contributed by atoms with van der Waals surface area (Å²) in [5.74, 6) is 0. The van der Waals surface area contributed by atoms with Gasteiger partial charge in [0.15, 0.2) is 0 Å². The van der Waals surface area contributed by atoms with E-state index < -0.39 is 0 Å². The third-order valence-corrected chi connectivity index (χ3v) is 4.02. The molecule has 0 amide bonds. The summed E-state index contributed by atoms with van der Waals surface area (Å²) in [7, 11) is 0. The van der Waals surface area contributed by atoms with Gasteiger partial charge in [-0.1, -0.05) is 60.7 Å². The first-order valence-electron chi connectivity index (χ1n) is 7.58. The van der Waals surface area contributed by atoms with Crippen molar-refractivity contribution in [1.82, 2.24) is 4.40 Å². The van der Waals surface area contributed by atoms with E-state index in [4.69, 9.17) is 0 Å². The van der Waals surface area contributed by atoms with E-state index in [1.807, 2.05) is 0 Å². The Kier molecular flexibility index (Phi) is 3.24. The zero-order valence-corrected chi connectivity index (χ0v) is 12.3. The van der Waals surface area contributed by atoms with Gasteiger partial charge in [-0.2, -0.15) is 0 Å². The lowest BCUT2D eigenvalue weighted by Crippen LogP contribution is -1.88. The van der Waals surface area contributed by atoms with Gasteiger partial charge in [0.25, 0.3) is 0 Å². The highest BCUT2D eigenvalue weighted by Crippen LogP contribution is 2.24. The molecular weight excluding hydrogens is 266 g/mol. The number of nitrogens with zero attached hydrogens (tertiary/aromatic N) is 1. The van der Waals surface area contributed by atoms with Crippen LogP contribution in [0.15, 0.2) is 91.3 Å². The highest BCUT2D eigenvalue weighted by molar-refractivity contribution is 5.70. The Bertz CT molecular complexity index is 870. The zero-order valence-electron chi connectivity index (χ0n) is 12.3. The summed E-state index contributed by atoms with van der Waals surface area (Å²) >= 11 is 0. The summed E-state index contributed by atoms with van der Waals surface area (Å²) < 4.78 is 2.17. The normalized spacial score (nSPS) is 10.9. The molecule has 0 saturated heterocycles. The fourth-order valence-electron chi connectivity index (χ4n) is 2.91. The molecule has 0 aliphatic rings. The monoisotopic (exact) mass is 283 g/mol. The molecule has 2 aromatic heterocycles. The van der Waals surface area contributed by atoms with Crippen molar-refractivity contribution < 1.29 is 0 Å². The molecule has 0 aliphatic heterocycles. The minimum Gasteiger partial charge on any atom is -0.323 e. The summed E-state index contributed by atoms with van der Waals surface area (Å²) in [4.78, 5) is 0. The van der Waals surface area contributed by atoms with Crippen LogP contribution in [0.4, 0.5) is 0 Å². The predicted molar refractivity (Wildman–Crippen MR) is 92.1 cm³/mol. The minimum atomic E-state index is 0.974. The maximum Gasteiger partial charge on any atom is 0.0456 e. The second kappa shape index (κ2) is 5.53. The van der Waals surface area contributed by atoms with Crippen molar-refractivity contribution in [2.45, 2.75) is 6.42 Å². The molecule has 4 rings (SSSR count). The predicted octanol–water partition coefficient (Wildman–Crippen LogP) is 5.20. The molecule has 1 nitrogen and oxygen atoms in total. The molecule has 106 valence electrons. The molecule has 0 spiro atoms. The minimum absolute atomic E-state index is 0.974. The van der Waals surface area contributed by atoms with Crippen LogP contribution >= 0.6 is 0 Å².